The summed E-state index contributed by atoms with van der Waals surface area (Å²) in [7, 11) is 1.34. The van der Waals surface area contributed by atoms with E-state index in [0.717, 1.165) is 30.0 Å². The molecule has 2 aromatic carbocycles. The molecule has 0 saturated heterocycles. The first-order valence-corrected chi connectivity index (χ1v) is 13.8. The van der Waals surface area contributed by atoms with E-state index in [4.69, 9.17) is 20.8 Å². The molecule has 16 heteroatoms. The largest absolute Gasteiger partial charge is 0.496 e. The lowest BCUT2D eigenvalue weighted by atomic mass is 9.85. The molecule has 3 aromatic rings. The monoisotopic (exact) mass is 647 g/mol. The lowest BCUT2D eigenvalue weighted by molar-refractivity contribution is -0.384. The van der Waals surface area contributed by atoms with Gasteiger partial charge in [-0.25, -0.2) is 0 Å². The van der Waals surface area contributed by atoms with E-state index < -0.39 is 34.4 Å². The van der Waals surface area contributed by atoms with Crippen molar-refractivity contribution in [2.45, 2.75) is 19.0 Å². The molecule has 1 aliphatic rings. The van der Waals surface area contributed by atoms with Crippen molar-refractivity contribution in [2.75, 3.05) is 23.5 Å². The number of rotatable bonds is 9. The van der Waals surface area contributed by atoms with Crippen LogP contribution in [0.1, 0.15) is 24.2 Å². The second-order valence-corrected chi connectivity index (χ2v) is 10.5. The van der Waals surface area contributed by atoms with E-state index in [1.54, 1.807) is 0 Å². The van der Waals surface area contributed by atoms with E-state index >= 15 is 0 Å². The van der Waals surface area contributed by atoms with Crippen molar-refractivity contribution in [1.29, 1.82) is 5.26 Å². The number of allylic oxidation sites excluding steroid dienone is 2. The molecule has 1 aliphatic heterocycles. The standard InChI is InChI=1S/C28H21ClF3N5O6S/c1-14-24(26(39)36-20-10-15(28(30,31)32)5-7-18(20)29)25(22-4-3-9-43-22)17(12-33)27(34-14)44-13-23(38)35-19-8-6-16(42-2)11-21(19)37(40)41/h3-11,25,34H,13H2,1-2H3,(H,35,38)(H,36,39)/t25-/m0/s1. The second-order valence-electron chi connectivity index (χ2n) is 9.09. The Morgan fingerprint density at radius 1 is 1.20 bits per heavy atom. The van der Waals surface area contributed by atoms with Crippen molar-refractivity contribution in [3.63, 3.8) is 0 Å². The molecule has 0 spiro atoms. The van der Waals surface area contributed by atoms with Gasteiger partial charge in [0.25, 0.3) is 11.6 Å². The van der Waals surface area contributed by atoms with Crippen LogP contribution in [0.25, 0.3) is 0 Å². The number of ether oxygens (including phenoxy) is 1. The number of hydrogen-bond donors (Lipinski definition) is 3. The Bertz CT molecular complexity index is 1730. The highest BCUT2D eigenvalue weighted by Gasteiger charge is 2.37. The molecular weight excluding hydrogens is 627 g/mol. The van der Waals surface area contributed by atoms with Crippen LogP contribution in [0.15, 0.2) is 81.1 Å². The van der Waals surface area contributed by atoms with Gasteiger partial charge in [0.05, 0.1) is 74.6 Å². The Hall–Kier alpha value is -4.94. The molecule has 0 bridgehead atoms. The number of alkyl halides is 3. The predicted octanol–water partition coefficient (Wildman–Crippen LogP) is 6.58. The van der Waals surface area contributed by atoms with E-state index in [9.17, 15) is 38.1 Å². The predicted molar refractivity (Wildman–Crippen MR) is 156 cm³/mol. The van der Waals surface area contributed by atoms with Gasteiger partial charge in [0, 0.05) is 5.70 Å². The van der Waals surface area contributed by atoms with Gasteiger partial charge in [0.2, 0.25) is 5.91 Å². The van der Waals surface area contributed by atoms with Crippen molar-refractivity contribution >= 4 is 52.2 Å². The highest BCUT2D eigenvalue weighted by Crippen LogP contribution is 2.42. The number of carbonyl (C=O) groups excluding carboxylic acids is 2. The number of benzene rings is 2. The maximum Gasteiger partial charge on any atom is 0.416 e. The van der Waals surface area contributed by atoms with Crippen molar-refractivity contribution in [3.8, 4) is 11.8 Å². The molecule has 1 aromatic heterocycles. The SMILES string of the molecule is COc1ccc(NC(=O)CSC2=C(C#N)[C@@H](c3ccco3)C(C(=O)Nc3cc(C(F)(F)F)ccc3Cl)=C(C)N2)c([N+](=O)[O-])c1. The van der Waals surface area contributed by atoms with Gasteiger partial charge in [-0.3, -0.25) is 19.7 Å². The Morgan fingerprint density at radius 2 is 1.95 bits per heavy atom. The summed E-state index contributed by atoms with van der Waals surface area (Å²) in [6.07, 6.45) is -3.36. The number of furan rings is 1. The van der Waals surface area contributed by atoms with E-state index in [2.05, 4.69) is 16.0 Å². The van der Waals surface area contributed by atoms with Crippen LogP contribution in [-0.4, -0.2) is 29.6 Å². The molecule has 44 heavy (non-hydrogen) atoms. The number of carbonyl (C=O) groups is 2. The molecular formula is C28H21ClF3N5O6S. The van der Waals surface area contributed by atoms with Crippen molar-refractivity contribution in [1.82, 2.24) is 5.32 Å². The van der Waals surface area contributed by atoms with Crippen LogP contribution in [0.5, 0.6) is 5.75 Å². The maximum atomic E-state index is 13.5. The fourth-order valence-electron chi connectivity index (χ4n) is 4.27. The number of anilines is 2. The fourth-order valence-corrected chi connectivity index (χ4v) is 5.33. The van der Waals surface area contributed by atoms with Crippen LogP contribution in [0.2, 0.25) is 5.02 Å². The van der Waals surface area contributed by atoms with E-state index in [0.29, 0.717) is 6.07 Å². The number of hydrogen-bond acceptors (Lipinski definition) is 9. The van der Waals surface area contributed by atoms with Gasteiger partial charge in [-0.1, -0.05) is 23.4 Å². The number of nitrogens with one attached hydrogen (secondary N) is 3. The zero-order valence-electron chi connectivity index (χ0n) is 22.7. The molecule has 0 saturated carbocycles. The van der Waals surface area contributed by atoms with Gasteiger partial charge in [-0.2, -0.15) is 18.4 Å². The number of amides is 2. The molecule has 2 amide bonds. The molecule has 0 aliphatic carbocycles. The summed E-state index contributed by atoms with van der Waals surface area (Å²) in [5, 5.41) is 29.4. The highest BCUT2D eigenvalue weighted by molar-refractivity contribution is 8.03. The third-order valence-corrected chi connectivity index (χ3v) is 7.63. The van der Waals surface area contributed by atoms with E-state index in [-0.39, 0.29) is 61.2 Å². The lowest BCUT2D eigenvalue weighted by Gasteiger charge is -2.28. The van der Waals surface area contributed by atoms with E-state index in [1.807, 2.05) is 6.07 Å². The summed E-state index contributed by atoms with van der Waals surface area (Å²) >= 11 is 6.97. The lowest BCUT2D eigenvalue weighted by Crippen LogP contribution is -2.31. The van der Waals surface area contributed by atoms with Gasteiger partial charge in [0.15, 0.2) is 0 Å². The number of nitrogens with zero attached hydrogens (tertiary/aromatic N) is 2. The van der Waals surface area contributed by atoms with Gasteiger partial charge in [-0.15, -0.1) is 0 Å². The molecule has 11 nitrogen and oxygen atoms in total. The number of methoxy groups -OCH3 is 1. The zero-order chi connectivity index (χ0) is 32.2. The fraction of sp³-hybridized carbons (Fsp3) is 0.179. The van der Waals surface area contributed by atoms with Crippen LogP contribution in [0, 0.1) is 21.4 Å². The third-order valence-electron chi connectivity index (χ3n) is 6.28. The first-order chi connectivity index (χ1) is 20.8. The molecule has 4 rings (SSSR count). The summed E-state index contributed by atoms with van der Waals surface area (Å²) in [5.41, 5.74) is -1.60. The first kappa shape index (κ1) is 32.0. The Morgan fingerprint density at radius 3 is 2.57 bits per heavy atom. The molecule has 0 fully saturated rings. The normalized spacial score (nSPS) is 14.9. The number of thioether (sulfide) groups is 1. The van der Waals surface area contributed by atoms with Crippen LogP contribution in [-0.2, 0) is 15.8 Å². The van der Waals surface area contributed by atoms with Gasteiger partial charge in [0.1, 0.15) is 17.2 Å². The van der Waals surface area contributed by atoms with Crippen LogP contribution in [0.3, 0.4) is 0 Å². The number of nitro groups is 1. The summed E-state index contributed by atoms with van der Waals surface area (Å²) < 4.78 is 50.4. The summed E-state index contributed by atoms with van der Waals surface area (Å²) in [5.74, 6) is -2.47. The topological polar surface area (TPSA) is 160 Å². The Labute approximate surface area is 256 Å². The Balaban J connectivity index is 1.60. The minimum absolute atomic E-state index is 0.0148. The molecule has 0 radical (unpaired) electrons. The Kier molecular flexibility index (Phi) is 9.56. The van der Waals surface area contributed by atoms with E-state index in [1.165, 1.54) is 44.6 Å². The number of nitriles is 1. The number of dihydropyridines is 1. The van der Waals surface area contributed by atoms with Gasteiger partial charge >= 0.3 is 6.18 Å². The molecule has 1 atom stereocenters. The molecule has 228 valence electrons. The van der Waals surface area contributed by atoms with Crippen molar-refractivity contribution < 1.29 is 36.8 Å². The highest BCUT2D eigenvalue weighted by atomic mass is 35.5. The zero-order valence-corrected chi connectivity index (χ0v) is 24.3. The van der Waals surface area contributed by atoms with Crippen molar-refractivity contribution in [2.24, 2.45) is 0 Å². The third kappa shape index (κ3) is 6.99. The van der Waals surface area contributed by atoms with Crippen molar-refractivity contribution in [3.05, 3.63) is 103 Å². The second kappa shape index (κ2) is 13.1. The average molecular weight is 648 g/mol. The average Bonchev–Trinajstić information content (AvgIpc) is 3.51. The van der Waals surface area contributed by atoms with Crippen LogP contribution < -0.4 is 20.7 Å². The van der Waals surface area contributed by atoms with Crippen LogP contribution >= 0.6 is 23.4 Å². The smallest absolute Gasteiger partial charge is 0.416 e. The number of nitro benzene ring substituents is 1. The first-order valence-electron chi connectivity index (χ1n) is 12.4. The molecule has 2 heterocycles. The quantitative estimate of drug-likeness (QED) is 0.172. The minimum atomic E-state index is -4.68. The van der Waals surface area contributed by atoms with Gasteiger partial charge in [-0.05, 0) is 49.4 Å². The summed E-state index contributed by atoms with van der Waals surface area (Å²) in [6, 6.07) is 11.5. The maximum absolute atomic E-state index is 13.5. The molecule has 0 unspecified atom stereocenters. The van der Waals surface area contributed by atoms with Gasteiger partial charge < -0.3 is 25.1 Å². The minimum Gasteiger partial charge on any atom is -0.496 e. The van der Waals surface area contributed by atoms with Crippen LogP contribution in [0.4, 0.5) is 30.2 Å². The number of halogens is 4. The molecule has 3 N–H and O–H groups in total. The summed E-state index contributed by atoms with van der Waals surface area (Å²) in [4.78, 5) is 37.1. The summed E-state index contributed by atoms with van der Waals surface area (Å²) in [6.45, 7) is 1.51.